The number of aliphatic hydroxyl groups excluding tert-OH is 1. The van der Waals surface area contributed by atoms with E-state index < -0.39 is 23.7 Å². The fourth-order valence-corrected chi connectivity index (χ4v) is 5.40. The van der Waals surface area contributed by atoms with Crippen molar-refractivity contribution < 1.29 is 38.4 Å². The quantitative estimate of drug-likeness (QED) is 0.136. The van der Waals surface area contributed by atoms with Crippen LogP contribution >= 0.6 is 11.3 Å². The van der Waals surface area contributed by atoms with E-state index in [2.05, 4.69) is 4.98 Å². The van der Waals surface area contributed by atoms with Gasteiger partial charge < -0.3 is 24.1 Å². The maximum Gasteiger partial charge on any atom is 0.350 e. The highest BCUT2D eigenvalue weighted by molar-refractivity contribution is 7.17. The van der Waals surface area contributed by atoms with Crippen LogP contribution in [0, 0.1) is 6.92 Å². The predicted octanol–water partition coefficient (Wildman–Crippen LogP) is 5.45. The summed E-state index contributed by atoms with van der Waals surface area (Å²) in [5, 5.41) is 11.5. The number of aromatic nitrogens is 1. The van der Waals surface area contributed by atoms with E-state index in [4.69, 9.17) is 18.9 Å². The molecule has 2 aromatic carbocycles. The van der Waals surface area contributed by atoms with Gasteiger partial charge in [-0.3, -0.25) is 14.5 Å². The fraction of sp³-hybridized carbons (Fsp3) is 0.333. The van der Waals surface area contributed by atoms with Gasteiger partial charge in [0.05, 0.1) is 44.2 Å². The van der Waals surface area contributed by atoms with Gasteiger partial charge in [0, 0.05) is 5.56 Å². The highest BCUT2D eigenvalue weighted by atomic mass is 32.1. The summed E-state index contributed by atoms with van der Waals surface area (Å²) in [5.41, 5.74) is 1.04. The van der Waals surface area contributed by atoms with Crippen molar-refractivity contribution >= 4 is 39.9 Å². The molecule has 0 saturated carbocycles. The third-order valence-corrected chi connectivity index (χ3v) is 7.44. The van der Waals surface area contributed by atoms with E-state index in [1.165, 1.54) is 12.0 Å². The van der Waals surface area contributed by atoms with Gasteiger partial charge in [-0.25, -0.2) is 9.78 Å². The number of carbonyl (C=O) groups excluding carboxylic acids is 3. The molecule has 2 heterocycles. The molecule has 1 aromatic heterocycles. The number of hydrogen-bond donors (Lipinski definition) is 1. The number of hydrogen-bond acceptors (Lipinski definition) is 10. The predicted molar refractivity (Wildman–Crippen MR) is 154 cm³/mol. The number of aryl methyl sites for hydroxylation is 1. The molecule has 216 valence electrons. The first-order valence-electron chi connectivity index (χ1n) is 13.2. The molecule has 1 aliphatic rings. The van der Waals surface area contributed by atoms with Gasteiger partial charge in [0.2, 0.25) is 0 Å². The van der Waals surface area contributed by atoms with Crippen molar-refractivity contribution in [2.75, 3.05) is 31.8 Å². The molecule has 11 heteroatoms. The number of Topliss-reactive ketones (excluding diaryl/α,β-unsaturated/α-hetero) is 1. The second kappa shape index (κ2) is 12.9. The number of methoxy groups -OCH3 is 1. The summed E-state index contributed by atoms with van der Waals surface area (Å²) in [5.74, 6) is -1.21. The lowest BCUT2D eigenvalue weighted by molar-refractivity contribution is -0.132. The molecule has 0 bridgehead atoms. The molecule has 1 saturated heterocycles. The van der Waals surface area contributed by atoms with E-state index in [1.54, 1.807) is 56.3 Å². The third-order valence-electron chi connectivity index (χ3n) is 6.31. The molecule has 3 aromatic rings. The zero-order chi connectivity index (χ0) is 29.7. The molecule has 1 unspecified atom stereocenters. The van der Waals surface area contributed by atoms with E-state index in [9.17, 15) is 19.5 Å². The van der Waals surface area contributed by atoms with Crippen molar-refractivity contribution in [2.45, 2.75) is 40.2 Å². The molecule has 10 nitrogen and oxygen atoms in total. The topological polar surface area (TPSA) is 124 Å². The molecule has 1 fully saturated rings. The van der Waals surface area contributed by atoms with Gasteiger partial charge in [-0.05, 0) is 69.2 Å². The van der Waals surface area contributed by atoms with Gasteiger partial charge in [0.15, 0.2) is 16.6 Å². The molecule has 0 spiro atoms. The first kappa shape index (κ1) is 29.6. The lowest BCUT2D eigenvalue weighted by atomic mass is 9.95. The lowest BCUT2D eigenvalue weighted by Crippen LogP contribution is -2.29. The Bertz CT molecular complexity index is 1480. The van der Waals surface area contributed by atoms with Crippen molar-refractivity contribution in [1.82, 2.24) is 4.98 Å². The fourth-order valence-electron chi connectivity index (χ4n) is 4.42. The van der Waals surface area contributed by atoms with Gasteiger partial charge in [0.25, 0.3) is 5.78 Å². The Morgan fingerprint density at radius 1 is 1.02 bits per heavy atom. The van der Waals surface area contributed by atoms with Gasteiger partial charge in [-0.15, -0.1) is 0 Å². The molecule has 1 aliphatic heterocycles. The van der Waals surface area contributed by atoms with E-state index in [0.29, 0.717) is 47.3 Å². The summed E-state index contributed by atoms with van der Waals surface area (Å²) >= 11 is 0.943. The first-order chi connectivity index (χ1) is 19.7. The van der Waals surface area contributed by atoms with Crippen LogP contribution < -0.4 is 19.1 Å². The molecule has 1 N–H and O–H groups in total. The maximum atomic E-state index is 13.6. The Morgan fingerprint density at radius 2 is 1.76 bits per heavy atom. The molecule has 41 heavy (non-hydrogen) atoms. The number of aliphatic hydroxyl groups is 1. The van der Waals surface area contributed by atoms with Crippen molar-refractivity contribution in [3.8, 4) is 17.2 Å². The number of anilines is 1. The first-order valence-corrected chi connectivity index (χ1v) is 14.1. The van der Waals surface area contributed by atoms with Crippen LogP contribution in [-0.4, -0.2) is 54.7 Å². The minimum absolute atomic E-state index is 0.121. The monoisotopic (exact) mass is 580 g/mol. The molecule has 0 aliphatic carbocycles. The number of carbonyl (C=O) groups is 3. The zero-order valence-corrected chi connectivity index (χ0v) is 24.4. The Morgan fingerprint density at radius 3 is 2.39 bits per heavy atom. The summed E-state index contributed by atoms with van der Waals surface area (Å²) in [7, 11) is 1.52. The van der Waals surface area contributed by atoms with Gasteiger partial charge in [0.1, 0.15) is 16.4 Å². The standard InChI is InChI=1S/C30H32N2O8S/c1-6-15-40-21-14-11-19(16-22(21)38-7-2)24-23(25(33)18-9-12-20(37-5)13-10-18)26(34)28(35)32(24)30-31-17(4)27(41-30)29(36)39-8-3/h9-14,16,24,33H,6-8,15H2,1-5H3. The minimum Gasteiger partial charge on any atom is -0.507 e. The number of ether oxygens (including phenoxy) is 4. The largest absolute Gasteiger partial charge is 0.507 e. The van der Waals surface area contributed by atoms with Crippen molar-refractivity contribution in [3.05, 3.63) is 69.7 Å². The van der Waals surface area contributed by atoms with E-state index >= 15 is 0 Å². The van der Waals surface area contributed by atoms with Crippen LogP contribution in [-0.2, 0) is 14.3 Å². The second-order valence-corrected chi connectivity index (χ2v) is 9.99. The lowest BCUT2D eigenvalue weighted by Gasteiger charge is -2.24. The van der Waals surface area contributed by atoms with E-state index in [1.807, 2.05) is 13.8 Å². The second-order valence-electron chi connectivity index (χ2n) is 9.02. The summed E-state index contributed by atoms with van der Waals surface area (Å²) in [6, 6.07) is 10.5. The summed E-state index contributed by atoms with van der Waals surface area (Å²) in [6.07, 6.45) is 0.793. The van der Waals surface area contributed by atoms with Crippen molar-refractivity contribution in [1.29, 1.82) is 0 Å². The molecule has 1 amide bonds. The molecular weight excluding hydrogens is 548 g/mol. The van der Waals surface area contributed by atoms with Gasteiger partial charge in [-0.2, -0.15) is 0 Å². The Labute approximate surface area is 242 Å². The SMILES string of the molecule is CCCOc1ccc(C2C(=C(O)c3ccc(OC)cc3)C(=O)C(=O)N2c2nc(C)c(C(=O)OCC)s2)cc1OCC. The number of ketones is 1. The Kier molecular flexibility index (Phi) is 9.28. The molecule has 0 radical (unpaired) electrons. The molecule has 1 atom stereocenters. The number of benzene rings is 2. The summed E-state index contributed by atoms with van der Waals surface area (Å²) < 4.78 is 22.0. The smallest absolute Gasteiger partial charge is 0.350 e. The van der Waals surface area contributed by atoms with Crippen LogP contribution in [0.4, 0.5) is 5.13 Å². The van der Waals surface area contributed by atoms with Crippen LogP contribution in [0.1, 0.15) is 59.7 Å². The van der Waals surface area contributed by atoms with E-state index in [-0.39, 0.29) is 27.9 Å². The average molecular weight is 581 g/mol. The highest BCUT2D eigenvalue weighted by Gasteiger charge is 2.48. The van der Waals surface area contributed by atoms with Crippen LogP contribution in [0.3, 0.4) is 0 Å². The average Bonchev–Trinajstić information content (AvgIpc) is 3.48. The number of rotatable bonds is 11. The summed E-state index contributed by atoms with van der Waals surface area (Å²) in [6.45, 7) is 8.14. The third kappa shape index (κ3) is 5.90. The van der Waals surface area contributed by atoms with Gasteiger partial charge >= 0.3 is 11.9 Å². The minimum atomic E-state index is -1.07. The summed E-state index contributed by atoms with van der Waals surface area (Å²) in [4.78, 5) is 45.5. The van der Waals surface area contributed by atoms with Crippen molar-refractivity contribution in [3.63, 3.8) is 0 Å². The molecular formula is C30H32N2O8S. The Balaban J connectivity index is 1.92. The highest BCUT2D eigenvalue weighted by Crippen LogP contribution is 2.45. The van der Waals surface area contributed by atoms with Crippen LogP contribution in [0.15, 0.2) is 48.0 Å². The van der Waals surface area contributed by atoms with Crippen LogP contribution in [0.25, 0.3) is 5.76 Å². The number of amides is 1. The number of nitrogens with zero attached hydrogens (tertiary/aromatic N) is 2. The Hall–Kier alpha value is -4.38. The van der Waals surface area contributed by atoms with Crippen LogP contribution in [0.5, 0.6) is 17.2 Å². The maximum absolute atomic E-state index is 13.6. The number of thiazole rings is 1. The van der Waals surface area contributed by atoms with Gasteiger partial charge in [-0.1, -0.05) is 24.3 Å². The van der Waals surface area contributed by atoms with E-state index in [0.717, 1.165) is 17.8 Å². The van der Waals surface area contributed by atoms with Crippen LogP contribution in [0.2, 0.25) is 0 Å². The number of esters is 1. The van der Waals surface area contributed by atoms with Crippen molar-refractivity contribution in [2.24, 2.45) is 0 Å². The normalized spacial score (nSPS) is 16.1. The zero-order valence-electron chi connectivity index (χ0n) is 23.6. The molecule has 4 rings (SSSR count).